The standard InChI is InChI=1S/C22H20N6OS/c1-14-7-9-18(11-16(14)3)30-22-19(5-4-10-23-22)21(29)25-17-8-6-15(2)20(12-17)28-13-24-26-27-28/h4-13H,1-3H3,(H,25,29). The van der Waals surface area contributed by atoms with Crippen LogP contribution in [-0.2, 0) is 0 Å². The summed E-state index contributed by atoms with van der Waals surface area (Å²) in [5.41, 5.74) is 5.40. The highest BCUT2D eigenvalue weighted by atomic mass is 32.2. The van der Waals surface area contributed by atoms with Crippen LogP contribution in [0.5, 0.6) is 0 Å². The number of nitrogens with one attached hydrogen (secondary N) is 1. The first-order valence-corrected chi connectivity index (χ1v) is 10.2. The third-order valence-electron chi connectivity index (χ3n) is 4.77. The first-order valence-electron chi connectivity index (χ1n) is 9.37. The van der Waals surface area contributed by atoms with E-state index in [4.69, 9.17) is 0 Å². The molecule has 4 aromatic rings. The molecule has 4 rings (SSSR count). The quantitative estimate of drug-likeness (QED) is 0.519. The molecule has 0 aliphatic carbocycles. The number of aromatic nitrogens is 5. The van der Waals surface area contributed by atoms with Crippen molar-refractivity contribution in [1.82, 2.24) is 25.2 Å². The maximum atomic E-state index is 13.0. The minimum absolute atomic E-state index is 0.221. The van der Waals surface area contributed by atoms with Crippen LogP contribution in [0.2, 0.25) is 0 Å². The van der Waals surface area contributed by atoms with Gasteiger partial charge in [0.05, 0.1) is 11.3 Å². The van der Waals surface area contributed by atoms with Gasteiger partial charge in [-0.2, -0.15) is 0 Å². The zero-order valence-corrected chi connectivity index (χ0v) is 17.6. The summed E-state index contributed by atoms with van der Waals surface area (Å²) < 4.78 is 1.57. The van der Waals surface area contributed by atoms with Crippen molar-refractivity contribution in [2.24, 2.45) is 0 Å². The van der Waals surface area contributed by atoms with E-state index in [1.165, 1.54) is 29.2 Å². The number of aryl methyl sites for hydroxylation is 3. The molecule has 2 aromatic carbocycles. The second-order valence-electron chi connectivity index (χ2n) is 6.91. The largest absolute Gasteiger partial charge is 0.322 e. The predicted octanol–water partition coefficient (Wildman–Crippen LogP) is 4.39. The van der Waals surface area contributed by atoms with Gasteiger partial charge in [0.25, 0.3) is 5.91 Å². The minimum atomic E-state index is -0.221. The molecule has 2 heterocycles. The molecule has 2 aromatic heterocycles. The highest BCUT2D eigenvalue weighted by Crippen LogP contribution is 2.30. The van der Waals surface area contributed by atoms with Gasteiger partial charge in [-0.25, -0.2) is 9.67 Å². The summed E-state index contributed by atoms with van der Waals surface area (Å²) in [6.07, 6.45) is 3.22. The van der Waals surface area contributed by atoms with Gasteiger partial charge in [0, 0.05) is 16.8 Å². The zero-order chi connectivity index (χ0) is 21.1. The van der Waals surface area contributed by atoms with Crippen molar-refractivity contribution >= 4 is 23.4 Å². The minimum Gasteiger partial charge on any atom is -0.322 e. The smallest absolute Gasteiger partial charge is 0.258 e. The van der Waals surface area contributed by atoms with Gasteiger partial charge in [-0.1, -0.05) is 23.9 Å². The summed E-state index contributed by atoms with van der Waals surface area (Å²) in [6.45, 7) is 6.11. The molecular weight excluding hydrogens is 396 g/mol. The lowest BCUT2D eigenvalue weighted by atomic mass is 10.1. The monoisotopic (exact) mass is 416 g/mol. The number of hydrogen-bond acceptors (Lipinski definition) is 6. The molecule has 0 aliphatic heterocycles. The second-order valence-corrected chi connectivity index (χ2v) is 7.98. The van der Waals surface area contributed by atoms with Crippen LogP contribution >= 0.6 is 11.8 Å². The van der Waals surface area contributed by atoms with Gasteiger partial charge >= 0.3 is 0 Å². The maximum Gasteiger partial charge on any atom is 0.258 e. The number of amides is 1. The third kappa shape index (κ3) is 4.23. The van der Waals surface area contributed by atoms with Crippen molar-refractivity contribution in [3.8, 4) is 5.69 Å². The molecule has 30 heavy (non-hydrogen) atoms. The van der Waals surface area contributed by atoms with E-state index in [1.807, 2.05) is 31.2 Å². The van der Waals surface area contributed by atoms with Gasteiger partial charge in [-0.3, -0.25) is 4.79 Å². The van der Waals surface area contributed by atoms with E-state index in [1.54, 1.807) is 23.0 Å². The first kappa shape index (κ1) is 19.8. The summed E-state index contributed by atoms with van der Waals surface area (Å²) in [4.78, 5) is 18.5. The molecule has 150 valence electrons. The lowest BCUT2D eigenvalue weighted by molar-refractivity contribution is 0.102. The van der Waals surface area contributed by atoms with E-state index < -0.39 is 0 Å². The SMILES string of the molecule is Cc1ccc(Sc2ncccc2C(=O)Nc2ccc(C)c(-n3cnnn3)c2)cc1C. The lowest BCUT2D eigenvalue weighted by Gasteiger charge is -2.12. The molecule has 0 saturated carbocycles. The van der Waals surface area contributed by atoms with Gasteiger partial charge < -0.3 is 5.32 Å². The maximum absolute atomic E-state index is 13.0. The van der Waals surface area contributed by atoms with Crippen molar-refractivity contribution in [2.75, 3.05) is 5.32 Å². The predicted molar refractivity (Wildman–Crippen MR) is 116 cm³/mol. The first-order chi connectivity index (χ1) is 14.5. The Labute approximate surface area is 178 Å². The van der Waals surface area contributed by atoms with E-state index in [2.05, 4.69) is 51.8 Å². The molecule has 1 amide bonds. The van der Waals surface area contributed by atoms with Crippen LogP contribution in [0.25, 0.3) is 5.69 Å². The van der Waals surface area contributed by atoms with Crippen molar-refractivity contribution in [1.29, 1.82) is 0 Å². The number of nitrogens with zero attached hydrogens (tertiary/aromatic N) is 5. The normalized spacial score (nSPS) is 10.8. The molecule has 0 unspecified atom stereocenters. The zero-order valence-electron chi connectivity index (χ0n) is 16.8. The Balaban J connectivity index is 1.59. The van der Waals surface area contributed by atoms with E-state index in [0.29, 0.717) is 16.3 Å². The fourth-order valence-corrected chi connectivity index (χ4v) is 3.92. The topological polar surface area (TPSA) is 85.6 Å². The van der Waals surface area contributed by atoms with E-state index in [0.717, 1.165) is 16.1 Å². The van der Waals surface area contributed by atoms with Crippen LogP contribution in [-0.4, -0.2) is 31.1 Å². The Morgan fingerprint density at radius 3 is 2.60 bits per heavy atom. The summed E-state index contributed by atoms with van der Waals surface area (Å²) in [5, 5.41) is 14.9. The molecule has 0 bridgehead atoms. The van der Waals surface area contributed by atoms with Crippen LogP contribution in [0, 0.1) is 20.8 Å². The fraction of sp³-hybridized carbons (Fsp3) is 0.136. The lowest BCUT2D eigenvalue weighted by Crippen LogP contribution is -2.14. The number of hydrogen-bond donors (Lipinski definition) is 1. The average molecular weight is 417 g/mol. The third-order valence-corrected chi connectivity index (χ3v) is 5.78. The van der Waals surface area contributed by atoms with Crippen LogP contribution < -0.4 is 5.32 Å². The molecule has 0 spiro atoms. The Hall–Kier alpha value is -3.52. The van der Waals surface area contributed by atoms with Crippen molar-refractivity contribution < 1.29 is 4.79 Å². The van der Waals surface area contributed by atoms with Gasteiger partial charge in [0.2, 0.25) is 0 Å². The Morgan fingerprint density at radius 2 is 1.83 bits per heavy atom. The molecule has 1 N–H and O–H groups in total. The van der Waals surface area contributed by atoms with Gasteiger partial charge in [0.15, 0.2) is 0 Å². The summed E-state index contributed by atoms with van der Waals surface area (Å²) in [6, 6.07) is 15.4. The molecule has 0 atom stereocenters. The van der Waals surface area contributed by atoms with Crippen LogP contribution in [0.3, 0.4) is 0 Å². The molecule has 0 radical (unpaired) electrons. The highest BCUT2D eigenvalue weighted by molar-refractivity contribution is 7.99. The molecule has 8 heteroatoms. The Kier molecular flexibility index (Phi) is 5.58. The number of carbonyl (C=O) groups is 1. The van der Waals surface area contributed by atoms with Gasteiger partial charge in [-0.15, -0.1) is 5.10 Å². The van der Waals surface area contributed by atoms with E-state index in [-0.39, 0.29) is 5.91 Å². The van der Waals surface area contributed by atoms with Crippen LogP contribution in [0.15, 0.2) is 71.0 Å². The Morgan fingerprint density at radius 1 is 1.00 bits per heavy atom. The highest BCUT2D eigenvalue weighted by Gasteiger charge is 2.15. The number of pyridine rings is 1. The molecule has 0 fully saturated rings. The molecular formula is C22H20N6OS. The van der Waals surface area contributed by atoms with Crippen molar-refractivity contribution in [3.05, 3.63) is 83.3 Å². The molecule has 0 aliphatic rings. The fourth-order valence-electron chi connectivity index (χ4n) is 2.94. The molecule has 0 saturated heterocycles. The van der Waals surface area contributed by atoms with Crippen molar-refractivity contribution in [3.63, 3.8) is 0 Å². The Bertz CT molecular complexity index is 1210. The summed E-state index contributed by atoms with van der Waals surface area (Å²) in [7, 11) is 0. The summed E-state index contributed by atoms with van der Waals surface area (Å²) in [5.74, 6) is -0.221. The summed E-state index contributed by atoms with van der Waals surface area (Å²) >= 11 is 1.48. The van der Waals surface area contributed by atoms with Crippen LogP contribution in [0.4, 0.5) is 5.69 Å². The van der Waals surface area contributed by atoms with Crippen molar-refractivity contribution in [2.45, 2.75) is 30.7 Å². The number of tetrazole rings is 1. The number of anilines is 1. The van der Waals surface area contributed by atoms with E-state index in [9.17, 15) is 4.79 Å². The van der Waals surface area contributed by atoms with E-state index >= 15 is 0 Å². The molecule has 7 nitrogen and oxygen atoms in total. The van der Waals surface area contributed by atoms with Crippen LogP contribution in [0.1, 0.15) is 27.0 Å². The number of benzene rings is 2. The second kappa shape index (κ2) is 8.46. The number of carbonyl (C=O) groups excluding carboxylic acids is 1. The number of rotatable bonds is 5. The average Bonchev–Trinajstić information content (AvgIpc) is 3.27. The van der Waals surface area contributed by atoms with Gasteiger partial charge in [0.1, 0.15) is 11.4 Å². The van der Waals surface area contributed by atoms with Gasteiger partial charge in [-0.05, 0) is 84.3 Å².